The SMILES string of the molecule is CC(C)N1CCN(c2cccc(C3(N=C=O)CC3)c2)CC1. The van der Waals surface area contributed by atoms with Crippen molar-refractivity contribution in [2.75, 3.05) is 31.1 Å². The largest absolute Gasteiger partial charge is 0.369 e. The number of aliphatic imine (C=N–C) groups is 1. The maximum Gasteiger partial charge on any atom is 0.235 e. The molecule has 0 N–H and O–H groups in total. The molecule has 1 aromatic rings. The Morgan fingerprint density at radius 2 is 1.90 bits per heavy atom. The van der Waals surface area contributed by atoms with Gasteiger partial charge in [0.25, 0.3) is 0 Å². The quantitative estimate of drug-likeness (QED) is 0.630. The van der Waals surface area contributed by atoms with Gasteiger partial charge >= 0.3 is 0 Å². The van der Waals surface area contributed by atoms with Crippen LogP contribution < -0.4 is 4.90 Å². The molecule has 0 spiro atoms. The molecule has 0 unspecified atom stereocenters. The van der Waals surface area contributed by atoms with E-state index in [4.69, 9.17) is 0 Å². The first kappa shape index (κ1) is 14.3. The van der Waals surface area contributed by atoms with Crippen LogP contribution in [0.15, 0.2) is 29.3 Å². The van der Waals surface area contributed by atoms with E-state index in [0.29, 0.717) is 6.04 Å². The molecule has 0 atom stereocenters. The lowest BCUT2D eigenvalue weighted by Gasteiger charge is -2.38. The summed E-state index contributed by atoms with van der Waals surface area (Å²) >= 11 is 0. The lowest BCUT2D eigenvalue weighted by molar-refractivity contribution is 0.209. The highest BCUT2D eigenvalue weighted by Crippen LogP contribution is 2.49. The highest BCUT2D eigenvalue weighted by Gasteiger charge is 2.45. The van der Waals surface area contributed by atoms with E-state index in [1.165, 1.54) is 5.69 Å². The summed E-state index contributed by atoms with van der Waals surface area (Å²) < 4.78 is 0. The molecule has 2 aliphatic rings. The molecule has 3 rings (SSSR count). The molecule has 0 bridgehead atoms. The van der Waals surface area contributed by atoms with Crippen LogP contribution in [0.3, 0.4) is 0 Å². The molecule has 1 heterocycles. The Kier molecular flexibility index (Phi) is 3.83. The first-order chi connectivity index (χ1) is 10.1. The van der Waals surface area contributed by atoms with Gasteiger partial charge in [0.1, 0.15) is 0 Å². The lowest BCUT2D eigenvalue weighted by Crippen LogP contribution is -2.48. The van der Waals surface area contributed by atoms with Crippen molar-refractivity contribution in [1.29, 1.82) is 0 Å². The van der Waals surface area contributed by atoms with E-state index in [1.54, 1.807) is 6.08 Å². The molecule has 0 radical (unpaired) electrons. The van der Waals surface area contributed by atoms with E-state index in [9.17, 15) is 4.79 Å². The van der Waals surface area contributed by atoms with Crippen LogP contribution in [0.1, 0.15) is 32.3 Å². The van der Waals surface area contributed by atoms with E-state index >= 15 is 0 Å². The topological polar surface area (TPSA) is 35.9 Å². The van der Waals surface area contributed by atoms with Gasteiger partial charge in [-0.3, -0.25) is 4.90 Å². The monoisotopic (exact) mass is 285 g/mol. The molecular formula is C17H23N3O. The number of rotatable bonds is 4. The van der Waals surface area contributed by atoms with Crippen molar-refractivity contribution in [2.45, 2.75) is 38.3 Å². The minimum atomic E-state index is -0.266. The number of hydrogen-bond donors (Lipinski definition) is 0. The Morgan fingerprint density at radius 3 is 2.48 bits per heavy atom. The molecule has 4 nitrogen and oxygen atoms in total. The van der Waals surface area contributed by atoms with Gasteiger partial charge in [-0.05, 0) is 44.4 Å². The van der Waals surface area contributed by atoms with Crippen molar-refractivity contribution < 1.29 is 4.79 Å². The van der Waals surface area contributed by atoms with Crippen LogP contribution in [0, 0.1) is 0 Å². The number of hydrogen-bond acceptors (Lipinski definition) is 4. The zero-order valence-electron chi connectivity index (χ0n) is 12.9. The van der Waals surface area contributed by atoms with E-state index < -0.39 is 0 Å². The van der Waals surface area contributed by atoms with Gasteiger partial charge < -0.3 is 4.90 Å². The highest BCUT2D eigenvalue weighted by molar-refractivity contribution is 5.52. The zero-order chi connectivity index (χ0) is 14.9. The summed E-state index contributed by atoms with van der Waals surface area (Å²) in [5, 5.41) is 0. The molecule has 1 aliphatic heterocycles. The van der Waals surface area contributed by atoms with Crippen molar-refractivity contribution >= 4 is 11.8 Å². The third kappa shape index (κ3) is 2.87. The Bertz CT molecular complexity index is 551. The molecule has 2 fully saturated rings. The first-order valence-corrected chi connectivity index (χ1v) is 7.83. The average molecular weight is 285 g/mol. The molecule has 1 aromatic carbocycles. The van der Waals surface area contributed by atoms with Crippen LogP contribution in [0.2, 0.25) is 0 Å². The van der Waals surface area contributed by atoms with Crippen molar-refractivity contribution in [3.05, 3.63) is 29.8 Å². The minimum Gasteiger partial charge on any atom is -0.369 e. The van der Waals surface area contributed by atoms with Gasteiger partial charge in [0, 0.05) is 37.9 Å². The van der Waals surface area contributed by atoms with Gasteiger partial charge in [0.2, 0.25) is 6.08 Å². The molecule has 1 aliphatic carbocycles. The predicted molar refractivity (Wildman–Crippen MR) is 84.4 cm³/mol. The average Bonchev–Trinajstić information content (AvgIpc) is 3.29. The Hall–Kier alpha value is -1.64. The van der Waals surface area contributed by atoms with Gasteiger partial charge in [0.15, 0.2) is 0 Å². The van der Waals surface area contributed by atoms with Crippen molar-refractivity contribution in [2.24, 2.45) is 4.99 Å². The van der Waals surface area contributed by atoms with Crippen LogP contribution >= 0.6 is 0 Å². The third-order valence-corrected chi connectivity index (χ3v) is 4.78. The fraction of sp³-hybridized carbons (Fsp3) is 0.588. The van der Waals surface area contributed by atoms with Crippen molar-refractivity contribution in [1.82, 2.24) is 4.90 Å². The highest BCUT2D eigenvalue weighted by atomic mass is 16.1. The molecule has 0 amide bonds. The summed E-state index contributed by atoms with van der Waals surface area (Å²) in [7, 11) is 0. The number of piperazine rings is 1. The molecule has 21 heavy (non-hydrogen) atoms. The number of anilines is 1. The number of isocyanates is 1. The van der Waals surface area contributed by atoms with Crippen molar-refractivity contribution in [3.8, 4) is 0 Å². The first-order valence-electron chi connectivity index (χ1n) is 7.83. The van der Waals surface area contributed by atoms with Crippen LogP contribution in [-0.2, 0) is 10.3 Å². The molecule has 1 saturated heterocycles. The van der Waals surface area contributed by atoms with Gasteiger partial charge in [0.05, 0.1) is 5.54 Å². The van der Waals surface area contributed by atoms with E-state index in [-0.39, 0.29) is 5.54 Å². The Balaban J connectivity index is 1.74. The van der Waals surface area contributed by atoms with Gasteiger partial charge in [-0.15, -0.1) is 0 Å². The number of benzene rings is 1. The summed E-state index contributed by atoms with van der Waals surface area (Å²) in [4.78, 5) is 19.6. The smallest absolute Gasteiger partial charge is 0.235 e. The standard InChI is InChI=1S/C17H23N3O/c1-14(2)19-8-10-20(11-9-19)16-5-3-4-15(12-16)17(6-7-17)18-13-21/h3-5,12,14H,6-11H2,1-2H3. The number of carbonyl (C=O) groups excluding carboxylic acids is 1. The third-order valence-electron chi connectivity index (χ3n) is 4.78. The van der Waals surface area contributed by atoms with E-state index in [0.717, 1.165) is 44.6 Å². The minimum absolute atomic E-state index is 0.266. The summed E-state index contributed by atoms with van der Waals surface area (Å²) in [6.07, 6.45) is 3.67. The van der Waals surface area contributed by atoms with Crippen LogP contribution in [0.5, 0.6) is 0 Å². The lowest BCUT2D eigenvalue weighted by atomic mass is 10.0. The Labute approximate surface area is 126 Å². The predicted octanol–water partition coefficient (Wildman–Crippen LogP) is 2.54. The second-order valence-corrected chi connectivity index (χ2v) is 6.40. The molecule has 112 valence electrons. The summed E-state index contributed by atoms with van der Waals surface area (Å²) in [5.74, 6) is 0. The van der Waals surface area contributed by atoms with Crippen LogP contribution in [0.4, 0.5) is 5.69 Å². The fourth-order valence-corrected chi connectivity index (χ4v) is 3.16. The van der Waals surface area contributed by atoms with Gasteiger partial charge in [-0.1, -0.05) is 12.1 Å². The van der Waals surface area contributed by atoms with Gasteiger partial charge in [-0.25, -0.2) is 4.79 Å². The van der Waals surface area contributed by atoms with Crippen LogP contribution in [0.25, 0.3) is 0 Å². The van der Waals surface area contributed by atoms with Crippen molar-refractivity contribution in [3.63, 3.8) is 0 Å². The molecule has 1 saturated carbocycles. The second kappa shape index (κ2) is 5.63. The molecule has 0 aromatic heterocycles. The summed E-state index contributed by atoms with van der Waals surface area (Å²) in [5.41, 5.74) is 2.15. The second-order valence-electron chi connectivity index (χ2n) is 6.40. The maximum atomic E-state index is 10.6. The molecule has 4 heteroatoms. The van der Waals surface area contributed by atoms with E-state index in [2.05, 4.69) is 52.9 Å². The normalized spacial score (nSPS) is 21.2. The Morgan fingerprint density at radius 1 is 1.19 bits per heavy atom. The number of nitrogens with zero attached hydrogens (tertiary/aromatic N) is 3. The van der Waals surface area contributed by atoms with E-state index in [1.807, 2.05) is 0 Å². The summed E-state index contributed by atoms with van der Waals surface area (Å²) in [6.45, 7) is 8.85. The fourth-order valence-electron chi connectivity index (χ4n) is 3.16. The maximum absolute atomic E-state index is 10.6. The summed E-state index contributed by atoms with van der Waals surface area (Å²) in [6, 6.07) is 9.16. The van der Waals surface area contributed by atoms with Crippen LogP contribution in [-0.4, -0.2) is 43.2 Å². The molecular weight excluding hydrogens is 262 g/mol. The zero-order valence-corrected chi connectivity index (χ0v) is 12.9. The van der Waals surface area contributed by atoms with Gasteiger partial charge in [-0.2, -0.15) is 4.99 Å².